The Morgan fingerprint density at radius 2 is 2.06 bits per heavy atom. The lowest BCUT2D eigenvalue weighted by molar-refractivity contribution is 0.0945. The Kier molecular flexibility index (Phi) is 6.94. The Balaban J connectivity index is 1.42. The van der Waals surface area contributed by atoms with Gasteiger partial charge in [0, 0.05) is 23.7 Å². The topological polar surface area (TPSA) is 109 Å². The number of amides is 1. The van der Waals surface area contributed by atoms with Gasteiger partial charge < -0.3 is 5.32 Å². The van der Waals surface area contributed by atoms with Crippen molar-refractivity contribution in [2.24, 2.45) is 11.8 Å². The fourth-order valence-corrected chi connectivity index (χ4v) is 4.18. The summed E-state index contributed by atoms with van der Waals surface area (Å²) in [5, 5.41) is 24.6. The zero-order valence-corrected chi connectivity index (χ0v) is 18.9. The van der Waals surface area contributed by atoms with Gasteiger partial charge in [0.15, 0.2) is 0 Å². The van der Waals surface area contributed by atoms with Gasteiger partial charge in [-0.1, -0.05) is 17.7 Å². The van der Waals surface area contributed by atoms with Crippen LogP contribution in [0.1, 0.15) is 47.4 Å². The van der Waals surface area contributed by atoms with E-state index in [1.54, 1.807) is 29.9 Å². The van der Waals surface area contributed by atoms with Crippen LogP contribution < -0.4 is 5.32 Å². The first-order chi connectivity index (χ1) is 15.9. The van der Waals surface area contributed by atoms with Crippen molar-refractivity contribution in [2.45, 2.75) is 45.7 Å². The van der Waals surface area contributed by atoms with Crippen LogP contribution in [0.5, 0.6) is 0 Å². The maximum Gasteiger partial charge on any atom is 0.270 e. The average molecular weight is 468 g/mol. The Bertz CT molecular complexity index is 1200. The SMILES string of the molecule is Cc1cc(-c2nnn(CC3CCC(C#N)CC3)n2)cc(C(=O)NCc2ccc(F)c(Cl)c2)n1. The predicted octanol–water partition coefficient (Wildman–Crippen LogP) is 4.10. The van der Waals surface area contributed by atoms with Crippen LogP contribution >= 0.6 is 11.6 Å². The van der Waals surface area contributed by atoms with Crippen molar-refractivity contribution in [3.8, 4) is 17.5 Å². The molecule has 0 radical (unpaired) electrons. The molecule has 4 rings (SSSR count). The number of hydrogen-bond donors (Lipinski definition) is 1. The number of benzene rings is 1. The van der Waals surface area contributed by atoms with E-state index in [0.29, 0.717) is 35.1 Å². The van der Waals surface area contributed by atoms with Crippen LogP contribution in [0.3, 0.4) is 0 Å². The molecule has 1 fully saturated rings. The number of hydrogen-bond acceptors (Lipinski definition) is 6. The molecule has 0 bridgehead atoms. The van der Waals surface area contributed by atoms with E-state index in [1.807, 2.05) is 0 Å². The zero-order valence-electron chi connectivity index (χ0n) is 18.1. The molecule has 33 heavy (non-hydrogen) atoms. The van der Waals surface area contributed by atoms with Gasteiger partial charge in [0.1, 0.15) is 11.5 Å². The summed E-state index contributed by atoms with van der Waals surface area (Å²) in [5.41, 5.74) is 2.20. The molecule has 8 nitrogen and oxygen atoms in total. The van der Waals surface area contributed by atoms with Crippen molar-refractivity contribution in [2.75, 3.05) is 0 Å². The van der Waals surface area contributed by atoms with Gasteiger partial charge in [-0.25, -0.2) is 9.37 Å². The zero-order chi connectivity index (χ0) is 23.4. The van der Waals surface area contributed by atoms with Gasteiger partial charge in [0.2, 0.25) is 5.82 Å². The first-order valence-electron chi connectivity index (χ1n) is 10.8. The molecule has 1 aliphatic rings. The molecule has 3 aromatic rings. The highest BCUT2D eigenvalue weighted by Crippen LogP contribution is 2.29. The van der Waals surface area contributed by atoms with E-state index in [1.165, 1.54) is 12.1 Å². The van der Waals surface area contributed by atoms with Crippen LogP contribution in [0.25, 0.3) is 11.4 Å². The molecule has 1 N–H and O–H groups in total. The minimum atomic E-state index is -0.507. The highest BCUT2D eigenvalue weighted by atomic mass is 35.5. The van der Waals surface area contributed by atoms with Crippen LogP contribution in [0.2, 0.25) is 5.02 Å². The van der Waals surface area contributed by atoms with Crippen molar-refractivity contribution in [1.29, 1.82) is 5.26 Å². The number of nitrogens with zero attached hydrogens (tertiary/aromatic N) is 6. The number of tetrazole rings is 1. The molecule has 0 unspecified atom stereocenters. The van der Waals surface area contributed by atoms with E-state index in [0.717, 1.165) is 25.7 Å². The maximum atomic E-state index is 13.3. The number of rotatable bonds is 6. The molecule has 10 heteroatoms. The second-order valence-corrected chi connectivity index (χ2v) is 8.74. The Morgan fingerprint density at radius 1 is 1.27 bits per heavy atom. The van der Waals surface area contributed by atoms with Gasteiger partial charge >= 0.3 is 0 Å². The fraction of sp³-hybridized carbons (Fsp3) is 0.391. The minimum Gasteiger partial charge on any atom is -0.347 e. The van der Waals surface area contributed by atoms with Gasteiger partial charge in [0.05, 0.1) is 17.6 Å². The number of aromatic nitrogens is 5. The summed E-state index contributed by atoms with van der Waals surface area (Å²) in [6, 6.07) is 10.1. The van der Waals surface area contributed by atoms with E-state index in [4.69, 9.17) is 16.9 Å². The maximum absolute atomic E-state index is 13.3. The number of nitriles is 1. The molecular weight excluding hydrogens is 445 g/mol. The number of halogens is 2. The molecule has 0 spiro atoms. The third-order valence-electron chi connectivity index (χ3n) is 5.79. The van der Waals surface area contributed by atoms with Crippen molar-refractivity contribution in [3.05, 3.63) is 58.1 Å². The highest BCUT2D eigenvalue weighted by molar-refractivity contribution is 6.30. The van der Waals surface area contributed by atoms with Crippen molar-refractivity contribution in [3.63, 3.8) is 0 Å². The Hall–Kier alpha value is -3.38. The van der Waals surface area contributed by atoms with Gasteiger partial charge in [0.25, 0.3) is 5.91 Å². The summed E-state index contributed by atoms with van der Waals surface area (Å²) in [7, 11) is 0. The number of nitrogens with one attached hydrogen (secondary N) is 1. The van der Waals surface area contributed by atoms with Crippen LogP contribution in [-0.2, 0) is 13.1 Å². The smallest absolute Gasteiger partial charge is 0.270 e. The second-order valence-electron chi connectivity index (χ2n) is 8.33. The third-order valence-corrected chi connectivity index (χ3v) is 6.07. The summed E-state index contributed by atoms with van der Waals surface area (Å²) in [4.78, 5) is 18.6. The van der Waals surface area contributed by atoms with Crippen LogP contribution in [0, 0.1) is 35.9 Å². The summed E-state index contributed by atoms with van der Waals surface area (Å²) >= 11 is 5.80. The number of pyridine rings is 1. The van der Waals surface area contributed by atoms with Gasteiger partial charge in [-0.05, 0) is 73.6 Å². The largest absolute Gasteiger partial charge is 0.347 e. The molecular formula is C23H23ClFN7O. The molecule has 0 aliphatic heterocycles. The van der Waals surface area contributed by atoms with Crippen LogP contribution in [0.15, 0.2) is 30.3 Å². The number of aryl methyl sites for hydroxylation is 1. The van der Waals surface area contributed by atoms with Crippen LogP contribution in [0.4, 0.5) is 4.39 Å². The molecule has 2 aromatic heterocycles. The molecule has 0 atom stereocenters. The third kappa shape index (κ3) is 5.71. The lowest BCUT2D eigenvalue weighted by atomic mass is 9.83. The Morgan fingerprint density at radius 3 is 2.79 bits per heavy atom. The molecule has 1 aromatic carbocycles. The van der Waals surface area contributed by atoms with Gasteiger partial charge in [-0.2, -0.15) is 10.1 Å². The summed E-state index contributed by atoms with van der Waals surface area (Å²) in [6.07, 6.45) is 3.78. The van der Waals surface area contributed by atoms with Gasteiger partial charge in [-0.15, -0.1) is 10.2 Å². The van der Waals surface area contributed by atoms with E-state index in [9.17, 15) is 9.18 Å². The summed E-state index contributed by atoms with van der Waals surface area (Å²) in [5.74, 6) is 0.127. The normalized spacial score (nSPS) is 18.0. The quantitative estimate of drug-likeness (QED) is 0.584. The average Bonchev–Trinajstić information content (AvgIpc) is 3.28. The lowest BCUT2D eigenvalue weighted by Crippen LogP contribution is -2.24. The first-order valence-corrected chi connectivity index (χ1v) is 11.2. The Labute approximate surface area is 195 Å². The highest BCUT2D eigenvalue weighted by Gasteiger charge is 2.22. The standard InChI is InChI=1S/C23H23ClFN7O/c1-14-8-18(22-29-31-32(30-22)13-16-4-2-15(11-26)3-5-16)10-21(28-14)23(33)27-12-17-6-7-20(25)19(24)9-17/h6-10,15-16H,2-5,12-13H2,1H3,(H,27,33). The minimum absolute atomic E-state index is 0.00462. The van der Waals surface area contributed by atoms with E-state index >= 15 is 0 Å². The van der Waals surface area contributed by atoms with Crippen molar-refractivity contribution >= 4 is 17.5 Å². The molecule has 1 amide bonds. The first kappa shape index (κ1) is 22.8. The van der Waals surface area contributed by atoms with Crippen molar-refractivity contribution in [1.82, 2.24) is 30.5 Å². The summed E-state index contributed by atoms with van der Waals surface area (Å²) < 4.78 is 13.3. The van der Waals surface area contributed by atoms with Crippen molar-refractivity contribution < 1.29 is 9.18 Å². The molecule has 2 heterocycles. The predicted molar refractivity (Wildman–Crippen MR) is 119 cm³/mol. The van der Waals surface area contributed by atoms with E-state index < -0.39 is 5.82 Å². The monoisotopic (exact) mass is 467 g/mol. The molecule has 0 saturated heterocycles. The van der Waals surface area contributed by atoms with E-state index in [-0.39, 0.29) is 29.1 Å². The number of carbonyl (C=O) groups is 1. The number of carbonyl (C=O) groups excluding carboxylic acids is 1. The van der Waals surface area contributed by atoms with E-state index in [2.05, 4.69) is 31.8 Å². The van der Waals surface area contributed by atoms with Gasteiger partial charge in [-0.3, -0.25) is 4.79 Å². The summed E-state index contributed by atoms with van der Waals surface area (Å²) in [6.45, 7) is 2.63. The lowest BCUT2D eigenvalue weighted by Gasteiger charge is -2.23. The fourth-order valence-electron chi connectivity index (χ4n) is 3.98. The molecule has 1 saturated carbocycles. The van der Waals surface area contributed by atoms with Crippen LogP contribution in [-0.4, -0.2) is 31.1 Å². The molecule has 1 aliphatic carbocycles. The second kappa shape index (κ2) is 10.0. The molecule has 170 valence electrons.